The largest absolute Gasteiger partial charge is 1.00 e. The van der Waals surface area contributed by atoms with Crippen LogP contribution in [0.4, 0.5) is 0 Å². The Kier molecular flexibility index (Phi) is 5.29. The first-order chi connectivity index (χ1) is 5.61. The minimum Gasteiger partial charge on any atom is -0.189 e. The van der Waals surface area contributed by atoms with Gasteiger partial charge in [-0.05, 0) is 5.92 Å². The van der Waals surface area contributed by atoms with Gasteiger partial charge in [-0.2, -0.15) is 23.6 Å². The van der Waals surface area contributed by atoms with E-state index in [1.54, 1.807) is 0 Å². The Balaban J connectivity index is 0.00000144. The van der Waals surface area contributed by atoms with Gasteiger partial charge in [0, 0.05) is 0 Å². The van der Waals surface area contributed by atoms with Crippen LogP contribution in [0.15, 0.2) is 24.3 Å². The van der Waals surface area contributed by atoms with Crippen LogP contribution in [0, 0.1) is 5.92 Å². The van der Waals surface area contributed by atoms with Gasteiger partial charge in [0.1, 0.15) is 0 Å². The van der Waals surface area contributed by atoms with Crippen molar-refractivity contribution in [2.45, 2.75) is 33.6 Å². The molecule has 0 fully saturated rings. The van der Waals surface area contributed by atoms with Crippen LogP contribution in [0.3, 0.4) is 0 Å². The summed E-state index contributed by atoms with van der Waals surface area (Å²) in [7, 11) is 0. The van der Waals surface area contributed by atoms with Crippen molar-refractivity contribution < 1.29 is 18.9 Å². The summed E-state index contributed by atoms with van der Waals surface area (Å²) < 4.78 is 0. The van der Waals surface area contributed by atoms with Crippen molar-refractivity contribution >= 4 is 0 Å². The van der Waals surface area contributed by atoms with E-state index in [9.17, 15) is 0 Å². The molecule has 0 aliphatic heterocycles. The van der Waals surface area contributed by atoms with Crippen molar-refractivity contribution in [3.8, 4) is 0 Å². The molecule has 0 bridgehead atoms. The van der Waals surface area contributed by atoms with Gasteiger partial charge in [0.25, 0.3) is 0 Å². The number of hydrogen-bond acceptors (Lipinski definition) is 0. The third-order valence-electron chi connectivity index (χ3n) is 2.13. The van der Waals surface area contributed by atoms with Crippen LogP contribution in [0.2, 0.25) is 0 Å². The second kappa shape index (κ2) is 5.42. The van der Waals surface area contributed by atoms with Gasteiger partial charge in [-0.3, -0.25) is 0 Å². The molecule has 1 aromatic carbocycles. The van der Waals surface area contributed by atoms with Crippen LogP contribution < -0.4 is 18.9 Å². The molecule has 13 heavy (non-hydrogen) atoms. The van der Waals surface area contributed by atoms with E-state index < -0.39 is 0 Å². The Labute approximate surface area is 93.9 Å². The van der Waals surface area contributed by atoms with Crippen LogP contribution in [0.25, 0.3) is 0 Å². The Hall–Kier alpha value is -0.313. The first-order valence-corrected chi connectivity index (χ1v) is 4.51. The Bertz CT molecular complexity index is 228. The average molecular weight is 168 g/mol. The van der Waals surface area contributed by atoms with Gasteiger partial charge in [0.2, 0.25) is 0 Å². The van der Waals surface area contributed by atoms with Gasteiger partial charge < -0.3 is 0 Å². The predicted molar refractivity (Wildman–Crippen MR) is 54.2 cm³/mol. The van der Waals surface area contributed by atoms with Gasteiger partial charge in [0.05, 0.1) is 0 Å². The van der Waals surface area contributed by atoms with Gasteiger partial charge in [0.15, 0.2) is 0 Å². The van der Waals surface area contributed by atoms with E-state index in [1.165, 1.54) is 17.0 Å². The quantitative estimate of drug-likeness (QED) is 0.452. The summed E-state index contributed by atoms with van der Waals surface area (Å²) in [4.78, 5) is 0. The molecule has 0 aliphatic carbocycles. The van der Waals surface area contributed by atoms with Crippen molar-refractivity contribution in [2.24, 2.45) is 0 Å². The SMILES string of the molecule is C[C-](C)c1cccc(C(C)C)c1.[Li+]. The summed E-state index contributed by atoms with van der Waals surface area (Å²) in [6, 6.07) is 8.77. The monoisotopic (exact) mass is 168 g/mol. The van der Waals surface area contributed by atoms with Crippen LogP contribution in [-0.4, -0.2) is 0 Å². The van der Waals surface area contributed by atoms with Crippen LogP contribution in [0.5, 0.6) is 0 Å². The normalized spacial score (nSPS) is 9.62. The molecule has 0 aromatic heterocycles. The maximum Gasteiger partial charge on any atom is 1.00 e. The predicted octanol–water partition coefficient (Wildman–Crippen LogP) is 0.776. The van der Waals surface area contributed by atoms with Crippen molar-refractivity contribution in [1.82, 2.24) is 0 Å². The molecular formula is C12H17Li. The van der Waals surface area contributed by atoms with E-state index in [-0.39, 0.29) is 18.9 Å². The third kappa shape index (κ3) is 3.51. The maximum atomic E-state index is 2.28. The molecule has 0 saturated carbocycles. The molecule has 0 spiro atoms. The molecule has 0 nitrogen and oxygen atoms in total. The van der Waals surface area contributed by atoms with Crippen molar-refractivity contribution in [3.05, 3.63) is 41.3 Å². The average Bonchev–Trinajstić information content (AvgIpc) is 2.04. The fourth-order valence-corrected chi connectivity index (χ4v) is 1.21. The van der Waals surface area contributed by atoms with Crippen LogP contribution in [0.1, 0.15) is 44.7 Å². The molecule has 0 unspecified atom stereocenters. The van der Waals surface area contributed by atoms with E-state index in [0.29, 0.717) is 5.92 Å². The zero-order valence-corrected chi connectivity index (χ0v) is 9.39. The topological polar surface area (TPSA) is 0 Å². The summed E-state index contributed by atoms with van der Waals surface area (Å²) >= 11 is 0. The Morgan fingerprint density at radius 3 is 2.23 bits per heavy atom. The maximum absolute atomic E-state index is 2.28. The molecule has 0 heterocycles. The molecule has 1 rings (SSSR count). The van der Waals surface area contributed by atoms with Crippen LogP contribution in [-0.2, 0) is 0 Å². The zero-order chi connectivity index (χ0) is 9.14. The molecule has 1 heteroatoms. The summed E-state index contributed by atoms with van der Waals surface area (Å²) in [5, 5.41) is 0. The van der Waals surface area contributed by atoms with E-state index in [0.717, 1.165) is 0 Å². The van der Waals surface area contributed by atoms with E-state index in [4.69, 9.17) is 0 Å². The summed E-state index contributed by atoms with van der Waals surface area (Å²) in [6.07, 6.45) is 0. The van der Waals surface area contributed by atoms with Crippen molar-refractivity contribution in [3.63, 3.8) is 0 Å². The Morgan fingerprint density at radius 2 is 1.77 bits per heavy atom. The molecular weight excluding hydrogens is 151 g/mol. The third-order valence-corrected chi connectivity index (χ3v) is 2.13. The van der Waals surface area contributed by atoms with E-state index in [2.05, 4.69) is 52.0 Å². The summed E-state index contributed by atoms with van der Waals surface area (Å²) in [6.45, 7) is 8.76. The second-order valence-corrected chi connectivity index (χ2v) is 3.78. The summed E-state index contributed by atoms with van der Waals surface area (Å²) in [5.74, 6) is 2.02. The zero-order valence-electron chi connectivity index (χ0n) is 9.39. The number of hydrogen-bond donors (Lipinski definition) is 0. The molecule has 0 N–H and O–H groups in total. The van der Waals surface area contributed by atoms with Crippen molar-refractivity contribution in [1.29, 1.82) is 0 Å². The summed E-state index contributed by atoms with van der Waals surface area (Å²) in [5.41, 5.74) is 2.79. The molecule has 0 amide bonds. The molecule has 0 atom stereocenters. The minimum absolute atomic E-state index is 0. The first kappa shape index (κ1) is 12.7. The van der Waals surface area contributed by atoms with Gasteiger partial charge in [-0.25, -0.2) is 0 Å². The van der Waals surface area contributed by atoms with Crippen LogP contribution >= 0.6 is 0 Å². The molecule has 0 aliphatic rings. The van der Waals surface area contributed by atoms with Gasteiger partial charge >= 0.3 is 18.9 Å². The molecule has 1 aromatic rings. The number of rotatable bonds is 2. The first-order valence-electron chi connectivity index (χ1n) is 4.51. The Morgan fingerprint density at radius 1 is 1.15 bits per heavy atom. The molecule has 0 radical (unpaired) electrons. The van der Waals surface area contributed by atoms with E-state index in [1.807, 2.05) is 0 Å². The standard InChI is InChI=1S/C12H17.Li/c1-9(2)11-6-5-7-12(8-11)10(3)4;/h5-9H,1-4H3;/q-1;+1. The minimum atomic E-state index is 0. The fourth-order valence-electron chi connectivity index (χ4n) is 1.21. The molecule has 66 valence electrons. The molecule has 0 saturated heterocycles. The fraction of sp³-hybridized carbons (Fsp3) is 0.417. The van der Waals surface area contributed by atoms with E-state index >= 15 is 0 Å². The second-order valence-electron chi connectivity index (χ2n) is 3.78. The van der Waals surface area contributed by atoms with Crippen molar-refractivity contribution in [2.75, 3.05) is 0 Å². The smallest absolute Gasteiger partial charge is 0.189 e. The number of benzene rings is 1. The van der Waals surface area contributed by atoms with Gasteiger partial charge in [-0.1, -0.05) is 33.8 Å². The van der Waals surface area contributed by atoms with Gasteiger partial charge in [-0.15, -0.1) is 11.6 Å².